The van der Waals surface area contributed by atoms with E-state index >= 15 is 0 Å². The Balaban J connectivity index is 2.03. The van der Waals surface area contributed by atoms with Crippen molar-refractivity contribution < 1.29 is 0 Å². The van der Waals surface area contributed by atoms with Gasteiger partial charge in [0.15, 0.2) is 0 Å². The van der Waals surface area contributed by atoms with E-state index in [2.05, 4.69) is 34.1 Å². The fourth-order valence-corrected chi connectivity index (χ4v) is 1.49. The summed E-state index contributed by atoms with van der Waals surface area (Å²) in [6.45, 7) is 4.18. The average molecular weight is 220 g/mol. The summed E-state index contributed by atoms with van der Waals surface area (Å²) in [5, 5.41) is 11.0. The third kappa shape index (κ3) is 2.27. The molecule has 6 nitrogen and oxygen atoms in total. The number of nitrogens with zero attached hydrogens (tertiary/aromatic N) is 4. The Morgan fingerprint density at radius 3 is 2.88 bits per heavy atom. The van der Waals surface area contributed by atoms with E-state index in [1.54, 1.807) is 0 Å². The van der Waals surface area contributed by atoms with Gasteiger partial charge in [-0.05, 0) is 19.9 Å². The summed E-state index contributed by atoms with van der Waals surface area (Å²) < 4.78 is 1.92. The molecule has 6 heteroatoms. The highest BCUT2D eigenvalue weighted by atomic mass is 15.3. The molecule has 86 valence electrons. The molecule has 0 aliphatic heterocycles. The molecule has 2 aromatic heterocycles. The Kier molecular flexibility index (Phi) is 3.00. The predicted octanol–water partition coefficient (Wildman–Crippen LogP) is 0.825. The van der Waals surface area contributed by atoms with E-state index in [1.807, 2.05) is 16.9 Å². The van der Waals surface area contributed by atoms with Crippen LogP contribution in [0.4, 0.5) is 0 Å². The molecule has 3 N–H and O–H groups in total. The molecule has 0 aromatic carbocycles. The van der Waals surface area contributed by atoms with Crippen LogP contribution in [0.2, 0.25) is 0 Å². The number of aromatic amines is 1. The highest BCUT2D eigenvalue weighted by Gasteiger charge is 2.12. The summed E-state index contributed by atoms with van der Waals surface area (Å²) in [7, 11) is 0. The molecular weight excluding hydrogens is 204 g/mol. The van der Waals surface area contributed by atoms with Gasteiger partial charge in [-0.25, -0.2) is 4.98 Å². The largest absolute Gasteiger partial charge is 0.321 e. The van der Waals surface area contributed by atoms with Crippen LogP contribution in [0.1, 0.15) is 37.4 Å². The molecule has 0 aliphatic rings. The molecule has 0 amide bonds. The number of nitrogens with two attached hydrogens (primary N) is 1. The number of nitrogens with one attached hydrogen (secondary N) is 1. The van der Waals surface area contributed by atoms with Crippen LogP contribution in [-0.4, -0.2) is 25.0 Å². The van der Waals surface area contributed by atoms with Crippen molar-refractivity contribution in [3.05, 3.63) is 30.1 Å². The summed E-state index contributed by atoms with van der Waals surface area (Å²) >= 11 is 0. The molecule has 1 atom stereocenters. The molecule has 0 aliphatic carbocycles. The van der Waals surface area contributed by atoms with Crippen molar-refractivity contribution in [2.75, 3.05) is 0 Å². The second-order valence-electron chi connectivity index (χ2n) is 4.06. The van der Waals surface area contributed by atoms with Gasteiger partial charge in [-0.2, -0.15) is 10.2 Å². The molecular formula is C10H16N6. The van der Waals surface area contributed by atoms with E-state index < -0.39 is 0 Å². The summed E-state index contributed by atoms with van der Waals surface area (Å²) in [5.41, 5.74) is 6.94. The van der Waals surface area contributed by atoms with Gasteiger partial charge in [-0.15, -0.1) is 0 Å². The van der Waals surface area contributed by atoms with Crippen LogP contribution in [0.3, 0.4) is 0 Å². The Bertz CT molecular complexity index is 430. The van der Waals surface area contributed by atoms with E-state index in [9.17, 15) is 0 Å². The normalized spacial score (nSPS) is 13.2. The minimum Gasteiger partial charge on any atom is -0.321 e. The number of hydrogen-bond acceptors (Lipinski definition) is 4. The second kappa shape index (κ2) is 4.44. The standard InChI is InChI=1S/C10H16N6/c1-7(2)16-4-3-8(15-16)5-9(11)10-12-6-13-14-10/h3-4,6-7,9H,5,11H2,1-2H3,(H,12,13,14). The van der Waals surface area contributed by atoms with Gasteiger partial charge in [0.2, 0.25) is 0 Å². The van der Waals surface area contributed by atoms with Crippen molar-refractivity contribution >= 4 is 0 Å². The van der Waals surface area contributed by atoms with E-state index in [1.165, 1.54) is 6.33 Å². The molecule has 0 spiro atoms. The first-order chi connectivity index (χ1) is 7.66. The lowest BCUT2D eigenvalue weighted by atomic mass is 10.1. The lowest BCUT2D eigenvalue weighted by Crippen LogP contribution is -2.15. The second-order valence-corrected chi connectivity index (χ2v) is 4.06. The van der Waals surface area contributed by atoms with Crippen molar-refractivity contribution in [3.8, 4) is 0 Å². The van der Waals surface area contributed by atoms with Crippen LogP contribution in [0.25, 0.3) is 0 Å². The van der Waals surface area contributed by atoms with Crippen molar-refractivity contribution in [1.82, 2.24) is 25.0 Å². The van der Waals surface area contributed by atoms with Crippen molar-refractivity contribution in [3.63, 3.8) is 0 Å². The fourth-order valence-electron chi connectivity index (χ4n) is 1.49. The van der Waals surface area contributed by atoms with Crippen LogP contribution in [0.15, 0.2) is 18.6 Å². The number of hydrogen-bond donors (Lipinski definition) is 2. The number of aromatic nitrogens is 5. The van der Waals surface area contributed by atoms with Gasteiger partial charge in [-0.3, -0.25) is 9.78 Å². The number of rotatable bonds is 4. The highest BCUT2D eigenvalue weighted by Crippen LogP contribution is 2.11. The SMILES string of the molecule is CC(C)n1ccc(CC(N)c2ncn[nH]2)n1. The van der Waals surface area contributed by atoms with Gasteiger partial charge in [-0.1, -0.05) is 0 Å². The zero-order valence-electron chi connectivity index (χ0n) is 9.46. The first-order valence-electron chi connectivity index (χ1n) is 5.31. The lowest BCUT2D eigenvalue weighted by Gasteiger charge is -2.06. The predicted molar refractivity (Wildman–Crippen MR) is 59.6 cm³/mol. The molecule has 16 heavy (non-hydrogen) atoms. The van der Waals surface area contributed by atoms with Gasteiger partial charge in [0, 0.05) is 18.7 Å². The van der Waals surface area contributed by atoms with Crippen LogP contribution in [-0.2, 0) is 6.42 Å². The molecule has 0 fully saturated rings. The first-order valence-corrected chi connectivity index (χ1v) is 5.31. The van der Waals surface area contributed by atoms with E-state index in [0.717, 1.165) is 5.69 Å². The maximum absolute atomic E-state index is 5.97. The number of H-pyrrole nitrogens is 1. The minimum absolute atomic E-state index is 0.182. The maximum Gasteiger partial charge on any atom is 0.141 e. The van der Waals surface area contributed by atoms with Gasteiger partial charge in [0.1, 0.15) is 12.2 Å². The van der Waals surface area contributed by atoms with E-state index in [4.69, 9.17) is 5.73 Å². The molecule has 2 heterocycles. The summed E-state index contributed by atoms with van der Waals surface area (Å²) in [5.74, 6) is 0.694. The van der Waals surface area contributed by atoms with Crippen LogP contribution < -0.4 is 5.73 Å². The Labute approximate surface area is 93.9 Å². The molecule has 0 saturated heterocycles. The molecule has 1 unspecified atom stereocenters. The molecule has 0 radical (unpaired) electrons. The van der Waals surface area contributed by atoms with Crippen LogP contribution >= 0.6 is 0 Å². The van der Waals surface area contributed by atoms with Crippen molar-refractivity contribution in [2.45, 2.75) is 32.4 Å². The first kappa shape index (κ1) is 10.8. The van der Waals surface area contributed by atoms with Gasteiger partial charge >= 0.3 is 0 Å². The Morgan fingerprint density at radius 2 is 2.31 bits per heavy atom. The average Bonchev–Trinajstić information content (AvgIpc) is 2.87. The van der Waals surface area contributed by atoms with Crippen LogP contribution in [0, 0.1) is 0 Å². The van der Waals surface area contributed by atoms with E-state index in [-0.39, 0.29) is 6.04 Å². The van der Waals surface area contributed by atoms with Crippen LogP contribution in [0.5, 0.6) is 0 Å². The maximum atomic E-state index is 5.97. The Hall–Kier alpha value is -1.69. The van der Waals surface area contributed by atoms with Crippen molar-refractivity contribution in [1.29, 1.82) is 0 Å². The van der Waals surface area contributed by atoms with Crippen molar-refractivity contribution in [2.24, 2.45) is 5.73 Å². The summed E-state index contributed by atoms with van der Waals surface area (Å²) in [6.07, 6.45) is 4.09. The smallest absolute Gasteiger partial charge is 0.141 e. The summed E-state index contributed by atoms with van der Waals surface area (Å²) in [4.78, 5) is 4.03. The molecule has 0 bridgehead atoms. The highest BCUT2D eigenvalue weighted by molar-refractivity contribution is 5.05. The zero-order valence-corrected chi connectivity index (χ0v) is 9.46. The zero-order chi connectivity index (χ0) is 11.5. The topological polar surface area (TPSA) is 85.4 Å². The monoisotopic (exact) mass is 220 g/mol. The molecule has 2 rings (SSSR count). The fraction of sp³-hybridized carbons (Fsp3) is 0.500. The third-order valence-corrected chi connectivity index (χ3v) is 2.41. The van der Waals surface area contributed by atoms with Gasteiger partial charge in [0.05, 0.1) is 11.7 Å². The third-order valence-electron chi connectivity index (χ3n) is 2.41. The molecule has 0 saturated carbocycles. The quantitative estimate of drug-likeness (QED) is 0.799. The van der Waals surface area contributed by atoms with Gasteiger partial charge < -0.3 is 5.73 Å². The van der Waals surface area contributed by atoms with E-state index in [0.29, 0.717) is 18.3 Å². The molecule has 2 aromatic rings. The summed E-state index contributed by atoms with van der Waals surface area (Å²) in [6, 6.07) is 2.17. The Morgan fingerprint density at radius 1 is 1.50 bits per heavy atom. The minimum atomic E-state index is -0.182. The lowest BCUT2D eigenvalue weighted by molar-refractivity contribution is 0.521. The van der Waals surface area contributed by atoms with Gasteiger partial charge in [0.25, 0.3) is 0 Å².